The van der Waals surface area contributed by atoms with Crippen molar-refractivity contribution in [1.82, 2.24) is 10.6 Å². The van der Waals surface area contributed by atoms with Crippen LogP contribution >= 0.6 is 0 Å². The Bertz CT molecular complexity index is 1690. The van der Waals surface area contributed by atoms with Gasteiger partial charge in [0.1, 0.15) is 0 Å². The summed E-state index contributed by atoms with van der Waals surface area (Å²) in [7, 11) is 0. The van der Waals surface area contributed by atoms with Gasteiger partial charge in [0.05, 0.1) is 0 Å². The first-order chi connectivity index (χ1) is 15.4. The van der Waals surface area contributed by atoms with E-state index >= 15 is 0 Å². The molecule has 5 aromatic rings. The molecule has 7 rings (SSSR count). The summed E-state index contributed by atoms with van der Waals surface area (Å²) < 4.78 is 0. The van der Waals surface area contributed by atoms with Gasteiger partial charge in [-0.1, -0.05) is 12.1 Å². The quantitative estimate of drug-likeness (QED) is 0.225. The third-order valence-corrected chi connectivity index (χ3v) is 6.93. The molecule has 0 atom stereocenters. The van der Waals surface area contributed by atoms with Crippen molar-refractivity contribution in [2.45, 2.75) is 13.8 Å². The number of aryl methyl sites for hydroxylation is 2. The van der Waals surface area contributed by atoms with Crippen LogP contribution in [-0.4, -0.2) is 23.6 Å². The highest BCUT2D eigenvalue weighted by molar-refractivity contribution is 6.42. The van der Waals surface area contributed by atoms with Crippen LogP contribution in [0.4, 0.5) is 0 Å². The summed E-state index contributed by atoms with van der Waals surface area (Å²) in [6.07, 6.45) is 0. The predicted octanol–water partition coefficient (Wildman–Crippen LogP) is 4.12. The Morgan fingerprint density at radius 2 is 0.875 bits per heavy atom. The minimum atomic E-state index is -0.405. The lowest BCUT2D eigenvalue weighted by atomic mass is 9.80. The number of imide groups is 2. The molecule has 0 aliphatic carbocycles. The topological polar surface area (TPSA) is 92.3 Å². The molecule has 2 heterocycles. The van der Waals surface area contributed by atoms with E-state index < -0.39 is 23.6 Å². The fourth-order valence-corrected chi connectivity index (χ4v) is 5.72. The second-order valence-electron chi connectivity index (χ2n) is 8.62. The molecular formula is C26H14N2O4. The van der Waals surface area contributed by atoms with Crippen molar-refractivity contribution < 1.29 is 19.2 Å². The number of benzene rings is 5. The van der Waals surface area contributed by atoms with Crippen LogP contribution in [-0.2, 0) is 0 Å². The van der Waals surface area contributed by atoms with E-state index in [-0.39, 0.29) is 0 Å². The maximum Gasteiger partial charge on any atom is 0.258 e. The fourth-order valence-electron chi connectivity index (χ4n) is 5.72. The maximum atomic E-state index is 12.7. The lowest BCUT2D eigenvalue weighted by Gasteiger charge is -2.25. The number of amides is 4. The van der Waals surface area contributed by atoms with Gasteiger partial charge in [-0.05, 0) is 81.6 Å². The largest absolute Gasteiger partial charge is 0.288 e. The molecule has 0 aromatic heterocycles. The van der Waals surface area contributed by atoms with Crippen molar-refractivity contribution in [2.24, 2.45) is 0 Å². The molecule has 152 valence electrons. The molecule has 5 aromatic carbocycles. The van der Waals surface area contributed by atoms with Gasteiger partial charge >= 0.3 is 0 Å². The highest BCUT2D eigenvalue weighted by atomic mass is 16.2. The molecule has 2 aliphatic rings. The fraction of sp³-hybridized carbons (Fsp3) is 0.0769. The van der Waals surface area contributed by atoms with Crippen molar-refractivity contribution in [3.8, 4) is 0 Å². The van der Waals surface area contributed by atoms with Gasteiger partial charge in [0.25, 0.3) is 23.6 Å². The lowest BCUT2D eigenvalue weighted by Crippen LogP contribution is -2.35. The molecule has 2 N–H and O–H groups in total. The van der Waals surface area contributed by atoms with Crippen LogP contribution in [0, 0.1) is 13.8 Å². The normalized spacial score (nSPS) is 15.3. The molecule has 0 saturated heterocycles. The van der Waals surface area contributed by atoms with E-state index in [1.54, 1.807) is 12.1 Å². The minimum absolute atomic E-state index is 0.398. The molecule has 0 unspecified atom stereocenters. The molecule has 2 aliphatic heterocycles. The average Bonchev–Trinajstić information content (AvgIpc) is 2.75. The highest BCUT2D eigenvalue weighted by Gasteiger charge is 2.32. The summed E-state index contributed by atoms with van der Waals surface area (Å²) in [4.78, 5) is 50.5. The Labute approximate surface area is 180 Å². The second kappa shape index (κ2) is 5.29. The van der Waals surface area contributed by atoms with Crippen LogP contribution in [0.2, 0.25) is 0 Å². The number of nitrogens with one attached hydrogen (secondary N) is 2. The molecule has 0 spiro atoms. The van der Waals surface area contributed by atoms with Crippen LogP contribution < -0.4 is 10.6 Å². The number of carbonyl (C=O) groups excluding carboxylic acids is 4. The van der Waals surface area contributed by atoms with E-state index in [0.29, 0.717) is 33.0 Å². The zero-order valence-corrected chi connectivity index (χ0v) is 17.1. The molecule has 0 fully saturated rings. The summed E-state index contributed by atoms with van der Waals surface area (Å²) >= 11 is 0. The van der Waals surface area contributed by atoms with E-state index in [2.05, 4.69) is 10.6 Å². The van der Waals surface area contributed by atoms with Gasteiger partial charge in [0.15, 0.2) is 0 Å². The first-order valence-corrected chi connectivity index (χ1v) is 10.3. The van der Waals surface area contributed by atoms with E-state index in [1.165, 1.54) is 0 Å². The molecule has 32 heavy (non-hydrogen) atoms. The number of carbonyl (C=O) groups is 4. The summed E-state index contributed by atoms with van der Waals surface area (Å²) in [6, 6.07) is 10.9. The van der Waals surface area contributed by atoms with Crippen molar-refractivity contribution in [1.29, 1.82) is 0 Å². The van der Waals surface area contributed by atoms with E-state index in [4.69, 9.17) is 0 Å². The molecular weight excluding hydrogens is 404 g/mol. The van der Waals surface area contributed by atoms with Crippen molar-refractivity contribution in [3.05, 3.63) is 69.8 Å². The van der Waals surface area contributed by atoms with Gasteiger partial charge in [0, 0.05) is 33.0 Å². The van der Waals surface area contributed by atoms with E-state index in [1.807, 2.05) is 38.1 Å². The third kappa shape index (κ3) is 1.78. The van der Waals surface area contributed by atoms with Gasteiger partial charge in [-0.2, -0.15) is 0 Å². The monoisotopic (exact) mass is 418 g/mol. The average molecular weight is 418 g/mol. The number of hydrogen-bond acceptors (Lipinski definition) is 4. The zero-order valence-electron chi connectivity index (χ0n) is 17.1. The summed E-state index contributed by atoms with van der Waals surface area (Å²) in [5, 5.41) is 11.6. The third-order valence-electron chi connectivity index (χ3n) is 6.93. The molecule has 4 amide bonds. The Morgan fingerprint density at radius 1 is 0.469 bits per heavy atom. The first kappa shape index (κ1) is 17.4. The highest BCUT2D eigenvalue weighted by Crippen LogP contribution is 2.47. The molecule has 0 bridgehead atoms. The van der Waals surface area contributed by atoms with Crippen LogP contribution in [0.25, 0.3) is 43.1 Å². The lowest BCUT2D eigenvalue weighted by molar-refractivity contribution is 0.0828. The van der Waals surface area contributed by atoms with Gasteiger partial charge in [0.2, 0.25) is 0 Å². The molecule has 0 saturated carbocycles. The number of hydrogen-bond donors (Lipinski definition) is 2. The van der Waals surface area contributed by atoms with Crippen LogP contribution in [0.1, 0.15) is 52.6 Å². The summed E-state index contributed by atoms with van der Waals surface area (Å²) in [6.45, 7) is 3.89. The SMILES string of the molecule is Cc1cc2c3c(cc(C)c4c5ccc6c7c(ccc(c1c34)c75)C(=O)NC6=O)C(=O)NC2=O. The maximum absolute atomic E-state index is 12.7. The van der Waals surface area contributed by atoms with Crippen LogP contribution in [0.3, 0.4) is 0 Å². The number of fused-ring (bicyclic) bond motifs is 2. The minimum Gasteiger partial charge on any atom is -0.288 e. The Morgan fingerprint density at radius 3 is 1.34 bits per heavy atom. The number of rotatable bonds is 0. The smallest absolute Gasteiger partial charge is 0.258 e. The van der Waals surface area contributed by atoms with Crippen molar-refractivity contribution in [3.63, 3.8) is 0 Å². The van der Waals surface area contributed by atoms with Gasteiger partial charge in [-0.3, -0.25) is 29.8 Å². The Hall–Kier alpha value is -4.32. The standard InChI is InChI=1S/C26H14N2O4/c1-9-7-15-21-16(26(32)28-25(15)31)8-10(2)18-12-4-6-14-20-13(23(29)27-24(14)30)5-3-11(19(12)20)17(9)22(18)21/h3-8H,1-2H3,(H,27,29,30)(H,28,31,32). The van der Waals surface area contributed by atoms with Gasteiger partial charge in [-0.15, -0.1) is 0 Å². The Kier molecular flexibility index (Phi) is 2.87. The predicted molar refractivity (Wildman–Crippen MR) is 121 cm³/mol. The second-order valence-corrected chi connectivity index (χ2v) is 8.62. The van der Waals surface area contributed by atoms with Crippen molar-refractivity contribution >= 4 is 66.7 Å². The van der Waals surface area contributed by atoms with E-state index in [9.17, 15) is 19.2 Å². The summed E-state index contributed by atoms with van der Waals surface area (Å²) in [5.74, 6) is -1.61. The first-order valence-electron chi connectivity index (χ1n) is 10.3. The van der Waals surface area contributed by atoms with Gasteiger partial charge in [-0.25, -0.2) is 0 Å². The summed E-state index contributed by atoms with van der Waals surface area (Å²) in [5.41, 5.74) is 3.71. The van der Waals surface area contributed by atoms with Crippen LogP contribution in [0.5, 0.6) is 0 Å². The van der Waals surface area contributed by atoms with E-state index in [0.717, 1.165) is 43.4 Å². The Balaban J connectivity index is 1.88. The molecule has 6 nitrogen and oxygen atoms in total. The molecule has 6 heteroatoms. The molecule has 0 radical (unpaired) electrons. The van der Waals surface area contributed by atoms with Crippen LogP contribution in [0.15, 0.2) is 36.4 Å². The van der Waals surface area contributed by atoms with Crippen molar-refractivity contribution in [2.75, 3.05) is 0 Å². The van der Waals surface area contributed by atoms with Gasteiger partial charge < -0.3 is 0 Å². The zero-order chi connectivity index (χ0) is 22.0.